The molecular weight excluding hydrogens is 416 g/mol. The quantitative estimate of drug-likeness (QED) is 0.249. The third-order valence-corrected chi connectivity index (χ3v) is 6.23. The van der Waals surface area contributed by atoms with E-state index in [2.05, 4.69) is 28.9 Å². The molecule has 0 amide bonds. The zero-order valence-electron chi connectivity index (χ0n) is 18.3. The predicted octanol–water partition coefficient (Wildman–Crippen LogP) is 5.33. The number of nitrogens with one attached hydrogen (secondary N) is 1. The minimum atomic E-state index is -0.435. The summed E-state index contributed by atoms with van der Waals surface area (Å²) < 4.78 is 0. The number of rotatable bonds is 5. The fraction of sp³-hybridized carbons (Fsp3) is 0.192. The lowest BCUT2D eigenvalue weighted by molar-refractivity contribution is -0.384. The van der Waals surface area contributed by atoms with Crippen LogP contribution in [0.5, 0.6) is 5.88 Å². The van der Waals surface area contributed by atoms with E-state index in [9.17, 15) is 15.2 Å². The predicted molar refractivity (Wildman–Crippen MR) is 129 cm³/mol. The van der Waals surface area contributed by atoms with E-state index in [1.807, 2.05) is 36.4 Å². The van der Waals surface area contributed by atoms with E-state index in [1.54, 1.807) is 6.07 Å². The van der Waals surface area contributed by atoms with Gasteiger partial charge in [-0.1, -0.05) is 43.3 Å². The van der Waals surface area contributed by atoms with E-state index in [1.165, 1.54) is 23.3 Å². The Kier molecular flexibility index (Phi) is 5.40. The second-order valence-electron chi connectivity index (χ2n) is 8.23. The monoisotopic (exact) mass is 440 g/mol. The van der Waals surface area contributed by atoms with Crippen molar-refractivity contribution in [2.75, 3.05) is 13.1 Å². The molecule has 0 bridgehead atoms. The molecule has 0 atom stereocenters. The van der Waals surface area contributed by atoms with Crippen molar-refractivity contribution in [2.45, 2.75) is 19.9 Å². The van der Waals surface area contributed by atoms with Crippen molar-refractivity contribution in [3.8, 4) is 5.88 Å². The highest BCUT2D eigenvalue weighted by molar-refractivity contribution is 6.22. The molecule has 7 heteroatoms. The smallest absolute Gasteiger partial charge is 0.270 e. The van der Waals surface area contributed by atoms with Gasteiger partial charge in [-0.05, 0) is 42.3 Å². The molecule has 1 aliphatic rings. The molecule has 2 heterocycles. The number of fused-ring (bicyclic) bond motifs is 2. The number of aromatic hydroxyl groups is 1. The van der Waals surface area contributed by atoms with Crippen molar-refractivity contribution in [1.29, 1.82) is 0 Å². The number of nitro benzene ring substituents is 1. The molecule has 2 N–H and O–H groups in total. The van der Waals surface area contributed by atoms with E-state index < -0.39 is 4.92 Å². The maximum atomic E-state index is 11.4. The second kappa shape index (κ2) is 8.52. The molecule has 0 unspecified atom stereocenters. The van der Waals surface area contributed by atoms with Crippen molar-refractivity contribution in [3.05, 3.63) is 99.1 Å². The molecule has 4 aromatic rings. The molecule has 3 aromatic carbocycles. The number of nitrogens with zero attached hydrogens (tertiary/aromatic N) is 3. The number of nitro groups is 1. The third-order valence-electron chi connectivity index (χ3n) is 6.23. The van der Waals surface area contributed by atoms with Crippen LogP contribution in [0, 0.1) is 10.1 Å². The maximum Gasteiger partial charge on any atom is 0.270 e. The number of non-ortho nitro benzene ring substituents is 1. The topological polar surface area (TPSA) is 94.8 Å². The van der Waals surface area contributed by atoms with Crippen LogP contribution in [0.3, 0.4) is 0 Å². The van der Waals surface area contributed by atoms with Crippen LogP contribution < -0.4 is 0 Å². The van der Waals surface area contributed by atoms with Crippen LogP contribution in [0.2, 0.25) is 0 Å². The first-order chi connectivity index (χ1) is 16.0. The maximum absolute atomic E-state index is 11.4. The van der Waals surface area contributed by atoms with Crippen LogP contribution in [0.25, 0.3) is 10.9 Å². The van der Waals surface area contributed by atoms with E-state index in [-0.39, 0.29) is 11.6 Å². The Morgan fingerprint density at radius 3 is 2.70 bits per heavy atom. The zero-order valence-corrected chi connectivity index (χ0v) is 18.3. The number of benzene rings is 3. The normalized spacial score (nSPS) is 14.4. The van der Waals surface area contributed by atoms with E-state index in [4.69, 9.17) is 4.99 Å². The first kappa shape index (κ1) is 20.9. The lowest BCUT2D eigenvalue weighted by Gasteiger charge is -2.27. The Bertz CT molecular complexity index is 1380. The number of likely N-dealkylation sites (N-methyl/N-ethyl adjacent to an activating group) is 1. The van der Waals surface area contributed by atoms with E-state index >= 15 is 0 Å². The van der Waals surface area contributed by atoms with Gasteiger partial charge in [-0.2, -0.15) is 0 Å². The minimum Gasteiger partial charge on any atom is -0.494 e. The molecule has 33 heavy (non-hydrogen) atoms. The standard InChI is InChI=1S/C26H24N4O3/c1-2-29-13-12-18-14-20(9-8-19(18)16-29)27-25(17-6-4-3-5-7-17)24-22-15-21(30(32)33)10-11-23(22)28-26(24)31/h3-11,14-15,28,31H,2,12-13,16H2,1H3. The Morgan fingerprint density at radius 2 is 1.94 bits per heavy atom. The first-order valence-corrected chi connectivity index (χ1v) is 11.0. The molecule has 0 spiro atoms. The largest absolute Gasteiger partial charge is 0.494 e. The number of hydrogen-bond donors (Lipinski definition) is 2. The Morgan fingerprint density at radius 1 is 1.12 bits per heavy atom. The van der Waals surface area contributed by atoms with Gasteiger partial charge in [0.2, 0.25) is 0 Å². The molecule has 0 fully saturated rings. The van der Waals surface area contributed by atoms with Crippen LogP contribution >= 0.6 is 0 Å². The average molecular weight is 441 g/mol. The summed E-state index contributed by atoms with van der Waals surface area (Å²) in [5.74, 6) is -0.0651. The van der Waals surface area contributed by atoms with Crippen LogP contribution in [0.4, 0.5) is 11.4 Å². The van der Waals surface area contributed by atoms with Crippen molar-refractivity contribution >= 4 is 28.0 Å². The first-order valence-electron chi connectivity index (χ1n) is 11.0. The van der Waals surface area contributed by atoms with Crippen LogP contribution in [-0.2, 0) is 13.0 Å². The zero-order chi connectivity index (χ0) is 22.9. The Labute approximate surface area is 191 Å². The summed E-state index contributed by atoms with van der Waals surface area (Å²) in [5, 5.41) is 22.7. The molecule has 5 rings (SSSR count). The highest BCUT2D eigenvalue weighted by atomic mass is 16.6. The highest BCUT2D eigenvalue weighted by Gasteiger charge is 2.21. The highest BCUT2D eigenvalue weighted by Crippen LogP contribution is 2.34. The lowest BCUT2D eigenvalue weighted by atomic mass is 9.98. The number of aromatic nitrogens is 1. The van der Waals surface area contributed by atoms with Crippen molar-refractivity contribution in [1.82, 2.24) is 9.88 Å². The molecule has 1 aromatic heterocycles. The summed E-state index contributed by atoms with van der Waals surface area (Å²) in [6.45, 7) is 5.17. The number of aliphatic imine (C=N–C) groups is 1. The van der Waals surface area contributed by atoms with Gasteiger partial charge in [-0.3, -0.25) is 15.0 Å². The molecule has 1 aliphatic heterocycles. The Hall–Kier alpha value is -3.97. The summed E-state index contributed by atoms with van der Waals surface area (Å²) >= 11 is 0. The van der Waals surface area contributed by atoms with Gasteiger partial charge >= 0.3 is 0 Å². The molecule has 0 radical (unpaired) electrons. The summed E-state index contributed by atoms with van der Waals surface area (Å²) in [7, 11) is 0. The van der Waals surface area contributed by atoms with Gasteiger partial charge < -0.3 is 10.1 Å². The Balaban J connectivity index is 1.68. The number of hydrogen-bond acceptors (Lipinski definition) is 5. The average Bonchev–Trinajstić information content (AvgIpc) is 3.17. The molecule has 0 aliphatic carbocycles. The van der Waals surface area contributed by atoms with Crippen molar-refractivity contribution in [2.24, 2.45) is 4.99 Å². The number of aromatic amines is 1. The van der Waals surface area contributed by atoms with E-state index in [0.717, 1.165) is 37.3 Å². The van der Waals surface area contributed by atoms with Gasteiger partial charge in [0.15, 0.2) is 5.88 Å². The summed E-state index contributed by atoms with van der Waals surface area (Å²) in [5.41, 5.74) is 5.79. The SMILES string of the molecule is CCN1CCc2cc(N=C(c3ccccc3)c3c(O)[nH]c4ccc([N+](=O)[O-])cc34)ccc2C1. The lowest BCUT2D eigenvalue weighted by Crippen LogP contribution is -2.30. The molecule has 0 saturated heterocycles. The van der Waals surface area contributed by atoms with E-state index in [0.29, 0.717) is 22.2 Å². The van der Waals surface area contributed by atoms with Gasteiger partial charge in [-0.25, -0.2) is 4.99 Å². The summed E-state index contributed by atoms with van der Waals surface area (Å²) in [6, 6.07) is 20.3. The summed E-state index contributed by atoms with van der Waals surface area (Å²) in [4.78, 5) is 21.2. The van der Waals surface area contributed by atoms with Crippen LogP contribution in [-0.4, -0.2) is 38.7 Å². The number of H-pyrrole nitrogens is 1. The van der Waals surface area contributed by atoms with Crippen molar-refractivity contribution < 1.29 is 10.0 Å². The summed E-state index contributed by atoms with van der Waals surface area (Å²) in [6.07, 6.45) is 0.970. The third kappa shape index (κ3) is 3.99. The fourth-order valence-corrected chi connectivity index (χ4v) is 4.45. The van der Waals surface area contributed by atoms with Gasteiger partial charge in [0.05, 0.1) is 21.9 Å². The minimum absolute atomic E-state index is 0.0376. The molecule has 166 valence electrons. The molecular formula is C26H24N4O3. The van der Waals surface area contributed by atoms with Gasteiger partial charge in [0.1, 0.15) is 0 Å². The van der Waals surface area contributed by atoms with Crippen LogP contribution in [0.1, 0.15) is 29.2 Å². The fourth-order valence-electron chi connectivity index (χ4n) is 4.45. The van der Waals surface area contributed by atoms with Crippen LogP contribution in [0.15, 0.2) is 71.7 Å². The second-order valence-corrected chi connectivity index (χ2v) is 8.23. The van der Waals surface area contributed by atoms with Gasteiger partial charge in [0.25, 0.3) is 5.69 Å². The molecule has 7 nitrogen and oxygen atoms in total. The van der Waals surface area contributed by atoms with Gasteiger partial charge in [-0.15, -0.1) is 0 Å². The van der Waals surface area contributed by atoms with Gasteiger partial charge in [0, 0.05) is 41.7 Å². The molecule has 0 saturated carbocycles. The van der Waals surface area contributed by atoms with Crippen molar-refractivity contribution in [3.63, 3.8) is 0 Å².